The molecule has 0 atom stereocenters. The van der Waals surface area contributed by atoms with E-state index in [1.807, 2.05) is 0 Å². The summed E-state index contributed by atoms with van der Waals surface area (Å²) in [5.74, 6) is -1.13. The number of benzene rings is 1. The van der Waals surface area contributed by atoms with Gasteiger partial charge in [-0.2, -0.15) is 0 Å². The predicted octanol–water partition coefficient (Wildman–Crippen LogP) is 5.05. The number of thiocarbonyl (C=S) groups is 1. The molecule has 1 heterocycles. The number of halogens is 1. The van der Waals surface area contributed by atoms with Crippen LogP contribution in [-0.4, -0.2) is 22.6 Å². The summed E-state index contributed by atoms with van der Waals surface area (Å²) < 4.78 is 18.6. The number of carbonyl (C=O) groups excluding carboxylic acids is 1. The molecule has 2 aromatic rings. The van der Waals surface area contributed by atoms with Crippen molar-refractivity contribution in [2.45, 2.75) is 39.0 Å². The van der Waals surface area contributed by atoms with Gasteiger partial charge in [0.1, 0.15) is 16.5 Å². The molecule has 29 heavy (non-hydrogen) atoms. The summed E-state index contributed by atoms with van der Waals surface area (Å²) in [5.41, 5.74) is 1.10. The minimum Gasteiger partial charge on any atom is -0.462 e. The molecule has 0 fully saturated rings. The van der Waals surface area contributed by atoms with Gasteiger partial charge in [0.05, 0.1) is 23.2 Å². The maximum absolute atomic E-state index is 13.3. The number of nitrogens with one attached hydrogen (secondary N) is 2. The lowest BCUT2D eigenvalue weighted by molar-refractivity contribution is -0.384. The molecule has 0 spiro atoms. The van der Waals surface area contributed by atoms with E-state index in [9.17, 15) is 19.3 Å². The smallest absolute Gasteiger partial charge is 0.341 e. The van der Waals surface area contributed by atoms with Crippen molar-refractivity contribution in [1.29, 1.82) is 0 Å². The van der Waals surface area contributed by atoms with Gasteiger partial charge < -0.3 is 15.4 Å². The van der Waals surface area contributed by atoms with E-state index in [-0.39, 0.29) is 17.4 Å². The number of fused-ring (bicyclic) bond motifs is 1. The Kier molecular flexibility index (Phi) is 6.75. The Balaban J connectivity index is 1.87. The summed E-state index contributed by atoms with van der Waals surface area (Å²) in [6, 6.07) is 3.18. The minimum absolute atomic E-state index is 0.0599. The number of nitro groups is 1. The number of aryl methyl sites for hydroxylation is 1. The van der Waals surface area contributed by atoms with E-state index in [1.165, 1.54) is 17.4 Å². The van der Waals surface area contributed by atoms with E-state index in [0.717, 1.165) is 54.7 Å². The van der Waals surface area contributed by atoms with Crippen molar-refractivity contribution in [2.75, 3.05) is 17.2 Å². The molecule has 1 aliphatic carbocycles. The van der Waals surface area contributed by atoms with Crippen LogP contribution in [0.15, 0.2) is 18.2 Å². The van der Waals surface area contributed by atoms with Crippen LogP contribution in [0.3, 0.4) is 0 Å². The molecule has 1 aliphatic rings. The molecule has 7 nitrogen and oxygen atoms in total. The molecular formula is C19H20FN3O4S2. The molecule has 0 bridgehead atoms. The van der Waals surface area contributed by atoms with Crippen LogP contribution in [0.4, 0.5) is 20.8 Å². The highest BCUT2D eigenvalue weighted by molar-refractivity contribution is 7.80. The van der Waals surface area contributed by atoms with Crippen molar-refractivity contribution >= 4 is 51.0 Å². The van der Waals surface area contributed by atoms with Gasteiger partial charge in [-0.3, -0.25) is 10.1 Å². The summed E-state index contributed by atoms with van der Waals surface area (Å²) in [4.78, 5) is 24.2. The number of rotatable bonds is 5. The van der Waals surface area contributed by atoms with Crippen LogP contribution in [0.5, 0.6) is 0 Å². The second-order valence-corrected chi connectivity index (χ2v) is 8.00. The molecule has 0 aliphatic heterocycles. The number of nitrogens with zero attached hydrogens (tertiary/aromatic N) is 1. The summed E-state index contributed by atoms with van der Waals surface area (Å²) in [6.45, 7) is 2.00. The zero-order valence-corrected chi connectivity index (χ0v) is 17.4. The first kappa shape index (κ1) is 21.1. The fourth-order valence-corrected chi connectivity index (χ4v) is 4.83. The summed E-state index contributed by atoms with van der Waals surface area (Å²) in [6.07, 6.45) is 4.85. The molecule has 0 amide bonds. The van der Waals surface area contributed by atoms with Gasteiger partial charge in [0.2, 0.25) is 0 Å². The Hall–Kier alpha value is -2.59. The van der Waals surface area contributed by atoms with Gasteiger partial charge in [-0.1, -0.05) is 6.42 Å². The Morgan fingerprint density at radius 2 is 2.07 bits per heavy atom. The maximum Gasteiger partial charge on any atom is 0.341 e. The minimum atomic E-state index is -0.715. The van der Waals surface area contributed by atoms with E-state index in [2.05, 4.69) is 10.6 Å². The number of anilines is 2. The highest BCUT2D eigenvalue weighted by Gasteiger charge is 2.26. The zero-order valence-electron chi connectivity index (χ0n) is 15.7. The monoisotopic (exact) mass is 437 g/mol. The van der Waals surface area contributed by atoms with Gasteiger partial charge in [0.25, 0.3) is 5.69 Å². The molecule has 0 saturated heterocycles. The molecule has 0 saturated carbocycles. The first-order chi connectivity index (χ1) is 13.9. The van der Waals surface area contributed by atoms with Crippen LogP contribution in [0.2, 0.25) is 0 Å². The van der Waals surface area contributed by atoms with Gasteiger partial charge in [-0.15, -0.1) is 11.3 Å². The molecule has 0 radical (unpaired) electrons. The van der Waals surface area contributed by atoms with Crippen LogP contribution in [0, 0.1) is 15.9 Å². The van der Waals surface area contributed by atoms with Gasteiger partial charge in [0, 0.05) is 4.88 Å². The lowest BCUT2D eigenvalue weighted by atomic mass is 10.1. The molecule has 154 valence electrons. The number of thiophene rings is 1. The maximum atomic E-state index is 13.3. The molecular weight excluding hydrogens is 417 g/mol. The fraction of sp³-hybridized carbons (Fsp3) is 0.368. The number of esters is 1. The van der Waals surface area contributed by atoms with Crippen molar-refractivity contribution < 1.29 is 18.8 Å². The average Bonchev–Trinajstić information content (AvgIpc) is 2.83. The third-order valence-electron chi connectivity index (χ3n) is 4.53. The molecule has 1 aromatic carbocycles. The quantitative estimate of drug-likeness (QED) is 0.222. The largest absolute Gasteiger partial charge is 0.462 e. The van der Waals surface area contributed by atoms with Crippen LogP contribution in [0.1, 0.15) is 47.0 Å². The SMILES string of the molecule is CCOC(=O)c1c(NC(=S)Nc2ccc(F)cc2[N+](=O)[O-])sc2c1CCCCC2. The Morgan fingerprint density at radius 1 is 1.31 bits per heavy atom. The zero-order chi connectivity index (χ0) is 21.0. The van der Waals surface area contributed by atoms with E-state index >= 15 is 0 Å². The Bertz CT molecular complexity index is 961. The highest BCUT2D eigenvalue weighted by atomic mass is 32.1. The Morgan fingerprint density at radius 3 is 2.79 bits per heavy atom. The number of carbonyl (C=O) groups is 1. The summed E-state index contributed by atoms with van der Waals surface area (Å²) in [5, 5.41) is 17.5. The van der Waals surface area contributed by atoms with E-state index in [4.69, 9.17) is 17.0 Å². The third kappa shape index (κ3) is 4.88. The predicted molar refractivity (Wildman–Crippen MR) is 114 cm³/mol. The second-order valence-electron chi connectivity index (χ2n) is 6.49. The highest BCUT2D eigenvalue weighted by Crippen LogP contribution is 2.38. The van der Waals surface area contributed by atoms with Crippen LogP contribution in [0.25, 0.3) is 0 Å². The number of ether oxygens (including phenoxy) is 1. The second kappa shape index (κ2) is 9.27. The van der Waals surface area contributed by atoms with Crippen LogP contribution < -0.4 is 10.6 Å². The lowest BCUT2D eigenvalue weighted by Gasteiger charge is -2.12. The molecule has 10 heteroatoms. The normalized spacial score (nSPS) is 13.2. The van der Waals surface area contributed by atoms with E-state index < -0.39 is 22.4 Å². The molecule has 1 aromatic heterocycles. The van der Waals surface area contributed by atoms with E-state index in [1.54, 1.807) is 6.92 Å². The number of hydrogen-bond donors (Lipinski definition) is 2. The molecule has 0 unspecified atom stereocenters. The number of nitro benzene ring substituents is 1. The van der Waals surface area contributed by atoms with E-state index in [0.29, 0.717) is 10.6 Å². The lowest BCUT2D eigenvalue weighted by Crippen LogP contribution is -2.21. The van der Waals surface area contributed by atoms with Gasteiger partial charge >= 0.3 is 5.97 Å². The topological polar surface area (TPSA) is 93.5 Å². The standard InChI is InChI=1S/C19H20FN3O4S2/c1-2-27-18(24)16-12-6-4-3-5-7-15(12)29-17(16)22-19(28)21-13-9-8-11(20)10-14(13)23(25)26/h8-10H,2-7H2,1H3,(H2,21,22,28). The summed E-state index contributed by atoms with van der Waals surface area (Å²) in [7, 11) is 0. The summed E-state index contributed by atoms with van der Waals surface area (Å²) >= 11 is 6.74. The fourth-order valence-electron chi connectivity index (χ4n) is 3.27. The first-order valence-corrected chi connectivity index (χ1v) is 10.5. The first-order valence-electron chi connectivity index (χ1n) is 9.24. The van der Waals surface area contributed by atoms with Crippen molar-refractivity contribution in [3.05, 3.63) is 50.1 Å². The van der Waals surface area contributed by atoms with Crippen molar-refractivity contribution in [2.24, 2.45) is 0 Å². The van der Waals surface area contributed by atoms with Crippen LogP contribution in [-0.2, 0) is 17.6 Å². The number of hydrogen-bond acceptors (Lipinski definition) is 6. The van der Waals surface area contributed by atoms with Gasteiger partial charge in [-0.05, 0) is 62.5 Å². The van der Waals surface area contributed by atoms with Gasteiger partial charge in [-0.25, -0.2) is 9.18 Å². The van der Waals surface area contributed by atoms with Crippen molar-refractivity contribution in [1.82, 2.24) is 0 Å². The van der Waals surface area contributed by atoms with Crippen molar-refractivity contribution in [3.8, 4) is 0 Å². The average molecular weight is 438 g/mol. The molecule has 2 N–H and O–H groups in total. The van der Waals surface area contributed by atoms with Crippen molar-refractivity contribution in [3.63, 3.8) is 0 Å². The third-order valence-corrected chi connectivity index (χ3v) is 5.94. The molecule has 3 rings (SSSR count). The van der Waals surface area contributed by atoms with Gasteiger partial charge in [0.15, 0.2) is 5.11 Å². The van der Waals surface area contributed by atoms with Crippen LogP contribution >= 0.6 is 23.6 Å². The Labute approximate surface area is 176 Å².